The first-order valence-electron chi connectivity index (χ1n) is 7.18. The summed E-state index contributed by atoms with van der Waals surface area (Å²) in [4.78, 5) is 0. The van der Waals surface area contributed by atoms with E-state index < -0.39 is 11.6 Å². The predicted octanol–water partition coefficient (Wildman–Crippen LogP) is 4.44. The normalized spacial score (nSPS) is 29.2. The molecule has 1 aliphatic rings. The standard InChI is InChI=1S/C16H23F2N/c1-10-4-5-11(2)16(8-10)19-12(3)14-7-6-13(17)9-15(14)18/h6-7,9-12,16,19H,4-5,8H2,1-3H3. The topological polar surface area (TPSA) is 12.0 Å². The summed E-state index contributed by atoms with van der Waals surface area (Å²) in [6, 6.07) is 4.16. The number of hydrogen-bond donors (Lipinski definition) is 1. The van der Waals surface area contributed by atoms with E-state index in [1.807, 2.05) is 6.92 Å². The highest BCUT2D eigenvalue weighted by molar-refractivity contribution is 5.21. The zero-order valence-electron chi connectivity index (χ0n) is 11.9. The first-order chi connectivity index (χ1) is 8.97. The van der Waals surface area contributed by atoms with Crippen molar-refractivity contribution < 1.29 is 8.78 Å². The Morgan fingerprint density at radius 2 is 1.95 bits per heavy atom. The monoisotopic (exact) mass is 267 g/mol. The number of rotatable bonds is 3. The highest BCUT2D eigenvalue weighted by atomic mass is 19.1. The van der Waals surface area contributed by atoms with E-state index >= 15 is 0 Å². The molecular weight excluding hydrogens is 244 g/mol. The first kappa shape index (κ1) is 14.4. The second-order valence-corrected chi connectivity index (χ2v) is 6.06. The van der Waals surface area contributed by atoms with Gasteiger partial charge in [-0.1, -0.05) is 26.3 Å². The van der Waals surface area contributed by atoms with Crippen molar-refractivity contribution in [1.29, 1.82) is 0 Å². The lowest BCUT2D eigenvalue weighted by atomic mass is 9.79. The summed E-state index contributed by atoms with van der Waals surface area (Å²) in [5.74, 6) is 0.353. The molecule has 0 saturated heterocycles. The van der Waals surface area contributed by atoms with Crippen molar-refractivity contribution >= 4 is 0 Å². The van der Waals surface area contributed by atoms with Crippen LogP contribution in [0.3, 0.4) is 0 Å². The van der Waals surface area contributed by atoms with E-state index in [1.54, 1.807) is 6.07 Å². The van der Waals surface area contributed by atoms with E-state index in [2.05, 4.69) is 19.2 Å². The molecule has 4 unspecified atom stereocenters. The molecule has 0 radical (unpaired) electrons. The fourth-order valence-corrected chi connectivity index (χ4v) is 3.03. The van der Waals surface area contributed by atoms with Gasteiger partial charge in [-0.3, -0.25) is 0 Å². The van der Waals surface area contributed by atoms with Crippen LogP contribution in [-0.4, -0.2) is 6.04 Å². The molecule has 0 bridgehead atoms. The van der Waals surface area contributed by atoms with Crippen molar-refractivity contribution in [3.05, 3.63) is 35.4 Å². The molecule has 2 rings (SSSR count). The summed E-state index contributed by atoms with van der Waals surface area (Å²) in [5, 5.41) is 3.51. The Kier molecular flexibility index (Phi) is 4.56. The number of benzene rings is 1. The average Bonchev–Trinajstić information content (AvgIpc) is 2.33. The molecule has 1 fully saturated rings. The summed E-state index contributed by atoms with van der Waals surface area (Å²) < 4.78 is 26.7. The molecule has 1 N–H and O–H groups in total. The molecule has 0 aromatic heterocycles. The lowest BCUT2D eigenvalue weighted by molar-refractivity contribution is 0.215. The Hall–Kier alpha value is -0.960. The first-order valence-corrected chi connectivity index (χ1v) is 7.18. The molecule has 3 heteroatoms. The lowest BCUT2D eigenvalue weighted by Gasteiger charge is -2.35. The molecule has 0 amide bonds. The highest BCUT2D eigenvalue weighted by Gasteiger charge is 2.27. The van der Waals surface area contributed by atoms with E-state index in [9.17, 15) is 8.78 Å². The molecular formula is C16H23F2N. The molecule has 0 spiro atoms. The van der Waals surface area contributed by atoms with Gasteiger partial charge in [0.05, 0.1) is 0 Å². The maximum atomic E-state index is 13.7. The third-order valence-electron chi connectivity index (χ3n) is 4.35. The van der Waals surface area contributed by atoms with E-state index in [4.69, 9.17) is 0 Å². The van der Waals surface area contributed by atoms with Gasteiger partial charge >= 0.3 is 0 Å². The van der Waals surface area contributed by atoms with Crippen LogP contribution in [0.15, 0.2) is 18.2 Å². The van der Waals surface area contributed by atoms with Gasteiger partial charge in [0, 0.05) is 23.7 Å². The van der Waals surface area contributed by atoms with Gasteiger partial charge in [0.1, 0.15) is 11.6 Å². The Morgan fingerprint density at radius 1 is 1.21 bits per heavy atom. The lowest BCUT2D eigenvalue weighted by Crippen LogP contribution is -2.40. The number of hydrogen-bond acceptors (Lipinski definition) is 1. The molecule has 106 valence electrons. The summed E-state index contributed by atoms with van der Waals surface area (Å²) >= 11 is 0. The van der Waals surface area contributed by atoms with Gasteiger partial charge in [0.15, 0.2) is 0 Å². The van der Waals surface area contributed by atoms with Crippen molar-refractivity contribution in [3.8, 4) is 0 Å². The maximum absolute atomic E-state index is 13.7. The van der Waals surface area contributed by atoms with Gasteiger partial charge in [0.25, 0.3) is 0 Å². The van der Waals surface area contributed by atoms with Crippen LogP contribution >= 0.6 is 0 Å². The Morgan fingerprint density at radius 3 is 2.63 bits per heavy atom. The summed E-state index contributed by atoms with van der Waals surface area (Å²) in [6.45, 7) is 6.46. The average molecular weight is 267 g/mol. The fourth-order valence-electron chi connectivity index (χ4n) is 3.03. The predicted molar refractivity (Wildman–Crippen MR) is 73.9 cm³/mol. The largest absolute Gasteiger partial charge is 0.307 e. The van der Waals surface area contributed by atoms with Crippen LogP contribution < -0.4 is 5.32 Å². The van der Waals surface area contributed by atoms with E-state index in [1.165, 1.54) is 18.9 Å². The van der Waals surface area contributed by atoms with Gasteiger partial charge < -0.3 is 5.32 Å². The third kappa shape index (κ3) is 3.53. The van der Waals surface area contributed by atoms with Crippen molar-refractivity contribution in [2.45, 2.75) is 52.1 Å². The van der Waals surface area contributed by atoms with Crippen LogP contribution in [0.4, 0.5) is 8.78 Å². The van der Waals surface area contributed by atoms with E-state index in [-0.39, 0.29) is 6.04 Å². The zero-order chi connectivity index (χ0) is 14.0. The minimum absolute atomic E-state index is 0.0849. The minimum Gasteiger partial charge on any atom is -0.307 e. The molecule has 1 nitrogen and oxygen atoms in total. The second-order valence-electron chi connectivity index (χ2n) is 6.06. The summed E-state index contributed by atoms with van der Waals surface area (Å²) in [7, 11) is 0. The quantitative estimate of drug-likeness (QED) is 0.853. The van der Waals surface area contributed by atoms with Crippen LogP contribution in [-0.2, 0) is 0 Å². The molecule has 0 heterocycles. The maximum Gasteiger partial charge on any atom is 0.130 e. The highest BCUT2D eigenvalue weighted by Crippen LogP contribution is 2.30. The molecule has 1 aromatic rings. The van der Waals surface area contributed by atoms with Crippen LogP contribution in [0.25, 0.3) is 0 Å². The smallest absolute Gasteiger partial charge is 0.130 e. The van der Waals surface area contributed by atoms with E-state index in [0.717, 1.165) is 18.4 Å². The molecule has 1 aliphatic carbocycles. The molecule has 1 saturated carbocycles. The fraction of sp³-hybridized carbons (Fsp3) is 0.625. The van der Waals surface area contributed by atoms with Crippen molar-refractivity contribution in [2.24, 2.45) is 11.8 Å². The van der Waals surface area contributed by atoms with E-state index in [0.29, 0.717) is 17.5 Å². The molecule has 1 aromatic carbocycles. The number of nitrogens with one attached hydrogen (secondary N) is 1. The van der Waals surface area contributed by atoms with Gasteiger partial charge in [-0.2, -0.15) is 0 Å². The third-order valence-corrected chi connectivity index (χ3v) is 4.35. The number of halogens is 2. The Balaban J connectivity index is 2.05. The minimum atomic E-state index is -0.520. The molecule has 19 heavy (non-hydrogen) atoms. The van der Waals surface area contributed by atoms with Crippen molar-refractivity contribution in [2.75, 3.05) is 0 Å². The van der Waals surface area contributed by atoms with Gasteiger partial charge in [-0.25, -0.2) is 8.78 Å². The van der Waals surface area contributed by atoms with Gasteiger partial charge in [-0.15, -0.1) is 0 Å². The summed E-state index contributed by atoms with van der Waals surface area (Å²) in [5.41, 5.74) is 0.548. The Labute approximate surface area is 114 Å². The molecule has 4 atom stereocenters. The molecule has 0 aliphatic heterocycles. The van der Waals surface area contributed by atoms with Gasteiger partial charge in [0.2, 0.25) is 0 Å². The van der Waals surface area contributed by atoms with Crippen molar-refractivity contribution in [3.63, 3.8) is 0 Å². The Bertz CT molecular complexity index is 433. The van der Waals surface area contributed by atoms with Crippen molar-refractivity contribution in [1.82, 2.24) is 5.32 Å². The van der Waals surface area contributed by atoms with Crippen LogP contribution in [0.2, 0.25) is 0 Å². The SMILES string of the molecule is CC1CCC(C)C(NC(C)c2ccc(F)cc2F)C1. The van der Waals surface area contributed by atoms with Gasteiger partial charge in [-0.05, 0) is 37.7 Å². The van der Waals surface area contributed by atoms with Crippen LogP contribution in [0.1, 0.15) is 51.6 Å². The second kappa shape index (κ2) is 6.00. The van der Waals surface area contributed by atoms with Crippen LogP contribution in [0.5, 0.6) is 0 Å². The zero-order valence-corrected chi connectivity index (χ0v) is 11.9. The summed E-state index contributed by atoms with van der Waals surface area (Å²) in [6.07, 6.45) is 3.63. The van der Waals surface area contributed by atoms with Crippen LogP contribution in [0, 0.1) is 23.5 Å².